The number of amidine groups is 1. The minimum absolute atomic E-state index is 0.232. The number of nitrogens with zero attached hydrogens (tertiary/aromatic N) is 3. The highest BCUT2D eigenvalue weighted by Gasteiger charge is 2.02. The maximum absolute atomic E-state index is 9.16. The molecule has 6 heteroatoms. The Hall–Kier alpha value is -2.73. The molecule has 108 valence electrons. The zero-order valence-electron chi connectivity index (χ0n) is 11.8. The van der Waals surface area contributed by atoms with E-state index >= 15 is 0 Å². The molecule has 6 nitrogen and oxygen atoms in total. The molecule has 2 N–H and O–H groups in total. The molecule has 1 aromatic heterocycles. The molecule has 0 aliphatic carbocycles. The van der Waals surface area contributed by atoms with E-state index < -0.39 is 0 Å². The Morgan fingerprint density at radius 1 is 1.24 bits per heavy atom. The number of hydroxylamine groups is 1. The first kappa shape index (κ1) is 14.7. The summed E-state index contributed by atoms with van der Waals surface area (Å²) in [6.07, 6.45) is 3.03. The van der Waals surface area contributed by atoms with Gasteiger partial charge in [-0.25, -0.2) is 4.99 Å². The second kappa shape index (κ2) is 7.16. The molecule has 0 amide bonds. The summed E-state index contributed by atoms with van der Waals surface area (Å²) in [5.74, 6) is 0.830. The molecule has 0 atom stereocenters. The first-order chi connectivity index (χ1) is 10.2. The Kier molecular flexibility index (Phi) is 5.00. The lowest BCUT2D eigenvalue weighted by molar-refractivity contribution is 0.236. The summed E-state index contributed by atoms with van der Waals surface area (Å²) in [6.45, 7) is 3.68. The zero-order valence-corrected chi connectivity index (χ0v) is 11.8. The van der Waals surface area contributed by atoms with Crippen LogP contribution in [-0.2, 0) is 0 Å². The van der Waals surface area contributed by atoms with Crippen molar-refractivity contribution < 1.29 is 9.62 Å². The molecule has 1 aromatic carbocycles. The van der Waals surface area contributed by atoms with Gasteiger partial charge in [0.25, 0.3) is 0 Å². The number of nitrogens with one attached hydrogen (secondary N) is 1. The largest absolute Gasteiger partial charge is 0.463 e. The van der Waals surface area contributed by atoms with E-state index in [2.05, 4.69) is 15.2 Å². The van der Waals surface area contributed by atoms with Crippen molar-refractivity contribution in [3.8, 4) is 0 Å². The van der Waals surface area contributed by atoms with Crippen LogP contribution in [0.4, 0.5) is 5.69 Å². The Morgan fingerprint density at radius 3 is 2.62 bits per heavy atom. The van der Waals surface area contributed by atoms with Gasteiger partial charge >= 0.3 is 0 Å². The molecule has 0 spiro atoms. The van der Waals surface area contributed by atoms with Gasteiger partial charge in [0, 0.05) is 0 Å². The number of furan rings is 1. The summed E-state index contributed by atoms with van der Waals surface area (Å²) in [5.41, 5.74) is 4.33. The van der Waals surface area contributed by atoms with Crippen molar-refractivity contribution >= 4 is 23.4 Å². The van der Waals surface area contributed by atoms with Crippen LogP contribution in [0.15, 0.2) is 62.3 Å². The molecule has 21 heavy (non-hydrogen) atoms. The fourth-order valence-corrected chi connectivity index (χ4v) is 1.52. The van der Waals surface area contributed by atoms with Gasteiger partial charge < -0.3 is 4.42 Å². The number of rotatable bonds is 4. The zero-order chi connectivity index (χ0) is 15.1. The predicted octanol–water partition coefficient (Wildman–Crippen LogP) is 3.09. The Balaban J connectivity index is 2.14. The van der Waals surface area contributed by atoms with Crippen LogP contribution in [0.2, 0.25) is 0 Å². The van der Waals surface area contributed by atoms with Gasteiger partial charge in [-0.2, -0.15) is 10.2 Å². The Labute approximate surface area is 122 Å². The predicted molar refractivity (Wildman–Crippen MR) is 82.6 cm³/mol. The van der Waals surface area contributed by atoms with Gasteiger partial charge in [-0.1, -0.05) is 17.7 Å². The number of hydrogen-bond donors (Lipinski definition) is 2. The highest BCUT2D eigenvalue weighted by Crippen LogP contribution is 2.12. The average Bonchev–Trinajstić information content (AvgIpc) is 3.00. The number of aliphatic imine (C=N–C) groups is 1. The minimum atomic E-state index is 0.232. The first-order valence-electron chi connectivity index (χ1n) is 6.36. The van der Waals surface area contributed by atoms with E-state index in [0.29, 0.717) is 17.2 Å². The molecule has 2 aromatic rings. The van der Waals surface area contributed by atoms with Crippen LogP contribution in [0.25, 0.3) is 0 Å². The van der Waals surface area contributed by atoms with Crippen molar-refractivity contribution in [1.82, 2.24) is 5.48 Å². The van der Waals surface area contributed by atoms with Gasteiger partial charge in [0.05, 0.1) is 18.2 Å². The average molecular weight is 284 g/mol. The molecule has 0 aliphatic rings. The fraction of sp³-hybridized carbons (Fsp3) is 0.133. The molecule has 0 saturated carbocycles. The van der Waals surface area contributed by atoms with Crippen molar-refractivity contribution in [2.45, 2.75) is 13.8 Å². The quantitative estimate of drug-likeness (QED) is 0.514. The van der Waals surface area contributed by atoms with Crippen molar-refractivity contribution in [3.63, 3.8) is 0 Å². The number of benzene rings is 1. The maximum atomic E-state index is 9.16. The van der Waals surface area contributed by atoms with Crippen LogP contribution < -0.4 is 5.48 Å². The molecule has 0 saturated heterocycles. The van der Waals surface area contributed by atoms with Gasteiger partial charge in [0.1, 0.15) is 11.5 Å². The summed E-state index contributed by atoms with van der Waals surface area (Å²) >= 11 is 0. The van der Waals surface area contributed by atoms with E-state index in [-0.39, 0.29) is 5.84 Å². The monoisotopic (exact) mass is 284 g/mol. The summed E-state index contributed by atoms with van der Waals surface area (Å²) in [6, 6.07) is 11.1. The van der Waals surface area contributed by atoms with Crippen LogP contribution in [0.3, 0.4) is 0 Å². The third-order valence-corrected chi connectivity index (χ3v) is 2.66. The first-order valence-corrected chi connectivity index (χ1v) is 6.36. The molecular weight excluding hydrogens is 268 g/mol. The lowest BCUT2D eigenvalue weighted by Gasteiger charge is -2.03. The highest BCUT2D eigenvalue weighted by atomic mass is 16.5. The standard InChI is InChI=1S/C15H16N4O2/c1-11-5-7-13(8-6-11)17-15(19-20)12(2)18-16-10-14-4-3-9-21-14/h3-10,20H,1-2H3,(H,17,19). The summed E-state index contributed by atoms with van der Waals surface area (Å²) in [5, 5.41) is 17.0. The molecule has 0 bridgehead atoms. The number of hydrogen-bond acceptors (Lipinski definition) is 5. The fourth-order valence-electron chi connectivity index (χ4n) is 1.52. The van der Waals surface area contributed by atoms with Crippen LogP contribution in [-0.4, -0.2) is 23.0 Å². The van der Waals surface area contributed by atoms with E-state index in [1.807, 2.05) is 36.7 Å². The van der Waals surface area contributed by atoms with E-state index in [4.69, 9.17) is 9.62 Å². The maximum Gasteiger partial charge on any atom is 0.173 e. The van der Waals surface area contributed by atoms with Gasteiger partial charge in [0.2, 0.25) is 0 Å². The van der Waals surface area contributed by atoms with Crippen LogP contribution in [0.1, 0.15) is 18.2 Å². The summed E-state index contributed by atoms with van der Waals surface area (Å²) < 4.78 is 5.10. The third-order valence-electron chi connectivity index (χ3n) is 2.66. The topological polar surface area (TPSA) is 82.5 Å². The summed E-state index contributed by atoms with van der Waals surface area (Å²) in [7, 11) is 0. The highest BCUT2D eigenvalue weighted by molar-refractivity contribution is 6.40. The molecule has 0 unspecified atom stereocenters. The van der Waals surface area contributed by atoms with Crippen molar-refractivity contribution in [3.05, 3.63) is 54.0 Å². The second-order valence-electron chi connectivity index (χ2n) is 4.35. The van der Waals surface area contributed by atoms with Crippen molar-refractivity contribution in [2.24, 2.45) is 15.2 Å². The van der Waals surface area contributed by atoms with Crippen LogP contribution >= 0.6 is 0 Å². The number of aryl methyl sites for hydroxylation is 1. The smallest absolute Gasteiger partial charge is 0.173 e. The van der Waals surface area contributed by atoms with Crippen molar-refractivity contribution in [1.29, 1.82) is 0 Å². The van der Waals surface area contributed by atoms with Crippen molar-refractivity contribution in [2.75, 3.05) is 0 Å². The summed E-state index contributed by atoms with van der Waals surface area (Å²) in [4.78, 5) is 4.26. The minimum Gasteiger partial charge on any atom is -0.463 e. The van der Waals surface area contributed by atoms with Crippen LogP contribution in [0, 0.1) is 6.92 Å². The Morgan fingerprint density at radius 2 is 2.00 bits per heavy atom. The second-order valence-corrected chi connectivity index (χ2v) is 4.35. The molecule has 0 aliphatic heterocycles. The van der Waals surface area contributed by atoms with E-state index in [1.165, 1.54) is 6.21 Å². The lowest BCUT2D eigenvalue weighted by atomic mass is 10.2. The van der Waals surface area contributed by atoms with Crippen LogP contribution in [0.5, 0.6) is 0 Å². The van der Waals surface area contributed by atoms with Gasteiger partial charge in [0.15, 0.2) is 5.84 Å². The van der Waals surface area contributed by atoms with Gasteiger partial charge in [-0.3, -0.25) is 10.7 Å². The molecule has 0 fully saturated rings. The van der Waals surface area contributed by atoms with E-state index in [1.54, 1.807) is 25.3 Å². The molecule has 1 heterocycles. The van der Waals surface area contributed by atoms with E-state index in [9.17, 15) is 0 Å². The lowest BCUT2D eigenvalue weighted by Crippen LogP contribution is -2.26. The molecule has 0 radical (unpaired) electrons. The van der Waals surface area contributed by atoms with Gasteiger partial charge in [-0.05, 0) is 38.1 Å². The Bertz CT molecular complexity index is 655. The van der Waals surface area contributed by atoms with E-state index in [0.717, 1.165) is 5.56 Å². The van der Waals surface area contributed by atoms with Gasteiger partial charge in [-0.15, -0.1) is 0 Å². The molecular formula is C15H16N4O2. The third kappa shape index (κ3) is 4.39. The molecule has 2 rings (SSSR count). The normalized spacial score (nSPS) is 12.9. The SMILES string of the molecule is CC(=NN=Cc1ccco1)C(=Nc1ccc(C)cc1)NO.